The van der Waals surface area contributed by atoms with E-state index in [1.165, 1.54) is 17.8 Å². The number of hydrogen-bond donors (Lipinski definition) is 1. The van der Waals surface area contributed by atoms with Crippen molar-refractivity contribution in [3.8, 4) is 0 Å². The van der Waals surface area contributed by atoms with E-state index in [1.807, 2.05) is 0 Å². The van der Waals surface area contributed by atoms with E-state index < -0.39 is 0 Å². The second kappa shape index (κ2) is 7.03. The van der Waals surface area contributed by atoms with Crippen molar-refractivity contribution in [3.63, 3.8) is 0 Å². The summed E-state index contributed by atoms with van der Waals surface area (Å²) in [6.07, 6.45) is 1.15. The third kappa shape index (κ3) is 3.79. The maximum Gasteiger partial charge on any atom is 0.0702 e. The van der Waals surface area contributed by atoms with Crippen LogP contribution in [-0.2, 0) is 0 Å². The lowest BCUT2D eigenvalue weighted by atomic mass is 10.1. The Morgan fingerprint density at radius 1 is 1.33 bits per heavy atom. The monoisotopic (exact) mass is 435 g/mol. The average molecular weight is 436 g/mol. The first-order valence-corrected chi connectivity index (χ1v) is 8.63. The molecule has 0 aliphatic heterocycles. The van der Waals surface area contributed by atoms with Gasteiger partial charge in [0.15, 0.2) is 0 Å². The average Bonchev–Trinajstić information content (AvgIpc) is 2.76. The molecule has 1 aromatic carbocycles. The van der Waals surface area contributed by atoms with Gasteiger partial charge in [0.05, 0.1) is 9.83 Å². The first kappa shape index (κ1) is 14.5. The zero-order valence-electron chi connectivity index (χ0n) is 10.1. The van der Waals surface area contributed by atoms with Gasteiger partial charge in [-0.25, -0.2) is 0 Å². The molecule has 2 rings (SSSR count). The van der Waals surface area contributed by atoms with E-state index in [1.54, 1.807) is 11.3 Å². The number of hydrogen-bond acceptors (Lipinski definition) is 2. The summed E-state index contributed by atoms with van der Waals surface area (Å²) in [7, 11) is 0. The second-order valence-corrected chi connectivity index (χ2v) is 7.82. The first-order valence-electron chi connectivity index (χ1n) is 5.94. The fourth-order valence-electron chi connectivity index (χ4n) is 1.84. The molecule has 0 aliphatic carbocycles. The predicted octanol–water partition coefficient (Wildman–Crippen LogP) is 5.20. The fraction of sp³-hybridized carbons (Fsp3) is 0.286. The Kier molecular flexibility index (Phi) is 5.66. The van der Waals surface area contributed by atoms with Crippen LogP contribution in [0, 0.1) is 3.57 Å². The number of halogens is 2. The minimum absolute atomic E-state index is 0.302. The van der Waals surface area contributed by atoms with E-state index in [0.29, 0.717) is 6.04 Å². The highest BCUT2D eigenvalue weighted by molar-refractivity contribution is 14.1. The van der Waals surface area contributed by atoms with Crippen molar-refractivity contribution in [3.05, 3.63) is 54.2 Å². The molecule has 0 fully saturated rings. The van der Waals surface area contributed by atoms with Crippen LogP contribution < -0.4 is 5.32 Å². The van der Waals surface area contributed by atoms with Gasteiger partial charge in [0.25, 0.3) is 0 Å². The van der Waals surface area contributed by atoms with E-state index in [2.05, 4.69) is 87.2 Å². The summed E-state index contributed by atoms with van der Waals surface area (Å²) in [5.74, 6) is 0. The summed E-state index contributed by atoms with van der Waals surface area (Å²) in [6.45, 7) is 3.23. The highest BCUT2D eigenvalue weighted by atomic mass is 127. The van der Waals surface area contributed by atoms with Gasteiger partial charge in [0.1, 0.15) is 0 Å². The molecule has 0 bridgehead atoms. The van der Waals surface area contributed by atoms with Crippen molar-refractivity contribution < 1.29 is 0 Å². The van der Waals surface area contributed by atoms with Gasteiger partial charge >= 0.3 is 0 Å². The Hall–Kier alpha value is 0.0900. The van der Waals surface area contributed by atoms with Crippen LogP contribution in [0.5, 0.6) is 0 Å². The molecule has 4 heteroatoms. The quantitative estimate of drug-likeness (QED) is 0.636. The number of rotatable bonds is 5. The molecule has 0 saturated heterocycles. The summed E-state index contributed by atoms with van der Waals surface area (Å²) in [5.41, 5.74) is 1.34. The lowest BCUT2D eigenvalue weighted by Crippen LogP contribution is -2.22. The molecule has 0 aliphatic rings. The molecule has 1 heterocycles. The van der Waals surface area contributed by atoms with E-state index in [0.717, 1.165) is 13.0 Å². The van der Waals surface area contributed by atoms with Crippen molar-refractivity contribution >= 4 is 49.9 Å². The summed E-state index contributed by atoms with van der Waals surface area (Å²) >= 11 is 7.71. The summed E-state index contributed by atoms with van der Waals surface area (Å²) in [5, 5.41) is 3.63. The maximum atomic E-state index is 3.63. The maximum absolute atomic E-state index is 3.63. The van der Waals surface area contributed by atoms with Gasteiger partial charge in [-0.3, -0.25) is 0 Å². The minimum atomic E-state index is 0.302. The topological polar surface area (TPSA) is 12.0 Å². The SMILES string of the molecule is CCCNC(c1cccc(I)c1)c1ccc(Br)s1. The molecule has 1 nitrogen and oxygen atoms in total. The van der Waals surface area contributed by atoms with Crippen LogP contribution in [0.25, 0.3) is 0 Å². The van der Waals surface area contributed by atoms with Gasteiger partial charge in [-0.1, -0.05) is 19.1 Å². The number of thiophene rings is 1. The van der Waals surface area contributed by atoms with Gasteiger partial charge in [-0.2, -0.15) is 0 Å². The smallest absolute Gasteiger partial charge is 0.0702 e. The van der Waals surface area contributed by atoms with Crippen LogP contribution in [0.15, 0.2) is 40.2 Å². The Morgan fingerprint density at radius 2 is 2.17 bits per heavy atom. The standard InChI is InChI=1S/C14H15BrINS/c1-2-8-17-14(12-6-7-13(15)18-12)10-4-3-5-11(16)9-10/h3-7,9,14,17H,2,8H2,1H3. The Balaban J connectivity index is 2.30. The van der Waals surface area contributed by atoms with Crippen LogP contribution in [0.1, 0.15) is 29.8 Å². The van der Waals surface area contributed by atoms with Gasteiger partial charge in [0, 0.05) is 8.45 Å². The molecular weight excluding hydrogens is 421 g/mol. The molecule has 0 radical (unpaired) electrons. The van der Waals surface area contributed by atoms with E-state index in [-0.39, 0.29) is 0 Å². The molecule has 2 aromatic rings. The Labute approximate surface area is 134 Å². The zero-order valence-corrected chi connectivity index (χ0v) is 14.7. The van der Waals surface area contributed by atoms with E-state index >= 15 is 0 Å². The van der Waals surface area contributed by atoms with Crippen molar-refractivity contribution in [2.45, 2.75) is 19.4 Å². The first-order chi connectivity index (χ1) is 8.70. The van der Waals surface area contributed by atoms with Crippen molar-refractivity contribution in [1.29, 1.82) is 0 Å². The van der Waals surface area contributed by atoms with Crippen LogP contribution >= 0.6 is 49.9 Å². The molecule has 1 atom stereocenters. The Morgan fingerprint density at radius 3 is 2.78 bits per heavy atom. The van der Waals surface area contributed by atoms with Gasteiger partial charge in [-0.15, -0.1) is 11.3 Å². The Bertz CT molecular complexity index is 512. The van der Waals surface area contributed by atoms with Gasteiger partial charge in [-0.05, 0) is 81.3 Å². The van der Waals surface area contributed by atoms with Crippen LogP contribution in [0.4, 0.5) is 0 Å². The third-order valence-electron chi connectivity index (χ3n) is 2.66. The normalized spacial score (nSPS) is 12.6. The van der Waals surface area contributed by atoms with Crippen molar-refractivity contribution in [2.75, 3.05) is 6.54 Å². The summed E-state index contributed by atoms with van der Waals surface area (Å²) < 4.78 is 2.47. The molecule has 1 aromatic heterocycles. The van der Waals surface area contributed by atoms with Crippen LogP contribution in [0.2, 0.25) is 0 Å². The molecule has 1 N–H and O–H groups in total. The predicted molar refractivity (Wildman–Crippen MR) is 91.3 cm³/mol. The number of nitrogens with one attached hydrogen (secondary N) is 1. The van der Waals surface area contributed by atoms with Gasteiger partial charge in [0.2, 0.25) is 0 Å². The minimum Gasteiger partial charge on any atom is -0.306 e. The largest absolute Gasteiger partial charge is 0.306 e. The summed E-state index contributed by atoms with van der Waals surface area (Å²) in [4.78, 5) is 1.36. The fourth-order valence-corrected chi connectivity index (χ4v) is 3.94. The van der Waals surface area contributed by atoms with Crippen LogP contribution in [-0.4, -0.2) is 6.54 Å². The summed E-state index contributed by atoms with van der Waals surface area (Å²) in [6, 6.07) is 13.3. The molecular formula is C14H15BrINS. The molecule has 0 amide bonds. The lowest BCUT2D eigenvalue weighted by Gasteiger charge is -2.18. The third-order valence-corrected chi connectivity index (χ3v) is 5.02. The number of benzene rings is 1. The molecule has 0 saturated carbocycles. The van der Waals surface area contributed by atoms with Gasteiger partial charge < -0.3 is 5.32 Å². The highest BCUT2D eigenvalue weighted by Crippen LogP contribution is 2.31. The van der Waals surface area contributed by atoms with E-state index in [9.17, 15) is 0 Å². The molecule has 18 heavy (non-hydrogen) atoms. The second-order valence-electron chi connectivity index (χ2n) is 4.08. The van der Waals surface area contributed by atoms with Crippen molar-refractivity contribution in [2.24, 2.45) is 0 Å². The van der Waals surface area contributed by atoms with Crippen molar-refractivity contribution in [1.82, 2.24) is 5.32 Å². The molecule has 96 valence electrons. The lowest BCUT2D eigenvalue weighted by molar-refractivity contribution is 0.605. The molecule has 1 unspecified atom stereocenters. The zero-order chi connectivity index (χ0) is 13.0. The molecule has 0 spiro atoms. The van der Waals surface area contributed by atoms with Crippen LogP contribution in [0.3, 0.4) is 0 Å². The highest BCUT2D eigenvalue weighted by Gasteiger charge is 2.15. The van der Waals surface area contributed by atoms with E-state index in [4.69, 9.17) is 0 Å².